The Morgan fingerprint density at radius 2 is 2.27 bits per heavy atom. The quantitative estimate of drug-likeness (QED) is 0.876. The van der Waals surface area contributed by atoms with Gasteiger partial charge in [-0.05, 0) is 25.5 Å². The number of aromatic nitrogens is 1. The van der Waals surface area contributed by atoms with E-state index in [0.29, 0.717) is 29.2 Å². The van der Waals surface area contributed by atoms with Crippen molar-refractivity contribution in [1.82, 2.24) is 4.98 Å². The fourth-order valence-corrected chi connectivity index (χ4v) is 1.77. The number of hydrogen-bond acceptors (Lipinski definition) is 3. The molecule has 2 nitrogen and oxygen atoms in total. The molecule has 0 spiro atoms. The van der Waals surface area contributed by atoms with Gasteiger partial charge in [-0.3, -0.25) is 0 Å². The molecule has 1 rings (SSSR count). The van der Waals surface area contributed by atoms with E-state index in [1.807, 2.05) is 6.08 Å². The van der Waals surface area contributed by atoms with Gasteiger partial charge in [0.25, 0.3) is 0 Å². The first-order valence-corrected chi connectivity index (χ1v) is 5.17. The summed E-state index contributed by atoms with van der Waals surface area (Å²) in [6.07, 6.45) is -0.633. The summed E-state index contributed by atoms with van der Waals surface area (Å²) in [7, 11) is 0. The van der Waals surface area contributed by atoms with Gasteiger partial charge in [0, 0.05) is 6.20 Å². The molecule has 0 aliphatic carbocycles. The molecule has 0 radical (unpaired) electrons. The highest BCUT2D eigenvalue weighted by molar-refractivity contribution is 7.12. The molecule has 0 aliphatic rings. The van der Waals surface area contributed by atoms with Crippen molar-refractivity contribution < 1.29 is 13.2 Å². The maximum Gasteiger partial charge on any atom is 0.443 e. The molecule has 0 unspecified atom stereocenters. The van der Waals surface area contributed by atoms with Crippen molar-refractivity contribution in [3.05, 3.63) is 22.2 Å². The van der Waals surface area contributed by atoms with Gasteiger partial charge in [0.05, 0.1) is 4.88 Å². The standard InChI is InChI=1S/C9H11F3N2S/c1-6(3-2-4-13)7-5-14-8(15-7)9(10,11)12/h3,5H,2,4,13H2,1H3. The van der Waals surface area contributed by atoms with Crippen LogP contribution >= 0.6 is 11.3 Å². The Bertz CT molecular complexity index is 354. The van der Waals surface area contributed by atoms with Crippen molar-refractivity contribution in [2.24, 2.45) is 5.73 Å². The number of hydrogen-bond donors (Lipinski definition) is 1. The molecule has 6 heteroatoms. The van der Waals surface area contributed by atoms with Crippen molar-refractivity contribution in [3.8, 4) is 0 Å². The van der Waals surface area contributed by atoms with Gasteiger partial charge in [-0.2, -0.15) is 13.2 Å². The van der Waals surface area contributed by atoms with Crippen LogP contribution < -0.4 is 5.73 Å². The van der Waals surface area contributed by atoms with E-state index in [2.05, 4.69) is 4.98 Å². The Hall–Kier alpha value is -0.880. The van der Waals surface area contributed by atoms with E-state index in [-0.39, 0.29) is 0 Å². The summed E-state index contributed by atoms with van der Waals surface area (Å²) in [5.74, 6) is 0. The average molecular weight is 236 g/mol. The van der Waals surface area contributed by atoms with Crippen molar-refractivity contribution in [3.63, 3.8) is 0 Å². The molecule has 0 saturated carbocycles. The van der Waals surface area contributed by atoms with Gasteiger partial charge in [0.15, 0.2) is 5.01 Å². The number of alkyl halides is 3. The van der Waals surface area contributed by atoms with Crippen molar-refractivity contribution >= 4 is 16.9 Å². The molecule has 84 valence electrons. The summed E-state index contributed by atoms with van der Waals surface area (Å²) in [5, 5.41) is -0.807. The molecule has 0 saturated heterocycles. The highest BCUT2D eigenvalue weighted by Crippen LogP contribution is 2.34. The first kappa shape index (κ1) is 12.2. The van der Waals surface area contributed by atoms with Crippen LogP contribution in [0.5, 0.6) is 0 Å². The minimum Gasteiger partial charge on any atom is -0.330 e. The molecule has 1 aromatic heterocycles. The summed E-state index contributed by atoms with van der Waals surface area (Å²) in [6, 6.07) is 0. The van der Waals surface area contributed by atoms with Crippen LogP contribution in [-0.4, -0.2) is 11.5 Å². The number of nitrogens with zero attached hydrogens (tertiary/aromatic N) is 1. The largest absolute Gasteiger partial charge is 0.443 e. The molecular formula is C9H11F3N2S. The van der Waals surface area contributed by atoms with E-state index in [0.717, 1.165) is 5.57 Å². The van der Waals surface area contributed by atoms with E-state index in [1.54, 1.807) is 6.92 Å². The molecular weight excluding hydrogens is 225 g/mol. The van der Waals surface area contributed by atoms with Gasteiger partial charge >= 0.3 is 6.18 Å². The molecule has 0 aliphatic heterocycles. The first-order valence-electron chi connectivity index (χ1n) is 4.35. The van der Waals surface area contributed by atoms with Crippen LogP contribution in [0.25, 0.3) is 5.57 Å². The highest BCUT2D eigenvalue weighted by atomic mass is 32.1. The predicted molar refractivity (Wildman–Crippen MR) is 54.4 cm³/mol. The summed E-state index contributed by atoms with van der Waals surface area (Å²) >= 11 is 0.653. The SMILES string of the molecule is CC(=CCCN)c1cnc(C(F)(F)F)s1. The normalized spacial score (nSPS) is 13.3. The number of halogens is 3. The third kappa shape index (κ3) is 3.32. The molecule has 0 fully saturated rings. The number of thiazole rings is 1. The van der Waals surface area contributed by atoms with E-state index < -0.39 is 11.2 Å². The Kier molecular flexibility index (Phi) is 3.87. The van der Waals surface area contributed by atoms with E-state index in [9.17, 15) is 13.2 Å². The van der Waals surface area contributed by atoms with Gasteiger partial charge < -0.3 is 5.73 Å². The zero-order chi connectivity index (χ0) is 11.5. The van der Waals surface area contributed by atoms with Crippen molar-refractivity contribution in [1.29, 1.82) is 0 Å². The zero-order valence-electron chi connectivity index (χ0n) is 8.14. The van der Waals surface area contributed by atoms with Gasteiger partial charge in [-0.25, -0.2) is 4.98 Å². The van der Waals surface area contributed by atoms with Crippen LogP contribution in [0.2, 0.25) is 0 Å². The molecule has 1 aromatic rings. The van der Waals surface area contributed by atoms with Crippen LogP contribution in [0, 0.1) is 0 Å². The summed E-state index contributed by atoms with van der Waals surface area (Å²) < 4.78 is 36.7. The predicted octanol–water partition coefficient (Wildman–Crippen LogP) is 2.91. The van der Waals surface area contributed by atoms with Crippen molar-refractivity contribution in [2.45, 2.75) is 19.5 Å². The molecule has 15 heavy (non-hydrogen) atoms. The number of nitrogens with two attached hydrogens (primary N) is 1. The lowest BCUT2D eigenvalue weighted by Crippen LogP contribution is -2.02. The monoisotopic (exact) mass is 236 g/mol. The number of allylic oxidation sites excluding steroid dienone is 1. The van der Waals surface area contributed by atoms with Gasteiger partial charge in [0.2, 0.25) is 0 Å². The molecule has 0 bridgehead atoms. The number of rotatable bonds is 3. The van der Waals surface area contributed by atoms with E-state index in [4.69, 9.17) is 5.73 Å². The minimum atomic E-state index is -4.35. The fraction of sp³-hybridized carbons (Fsp3) is 0.444. The summed E-state index contributed by atoms with van der Waals surface area (Å²) in [4.78, 5) is 3.88. The van der Waals surface area contributed by atoms with Gasteiger partial charge in [0.1, 0.15) is 0 Å². The third-order valence-corrected chi connectivity index (χ3v) is 2.93. The Balaban J connectivity index is 2.85. The highest BCUT2D eigenvalue weighted by Gasteiger charge is 2.34. The molecule has 0 aromatic carbocycles. The minimum absolute atomic E-state index is 0.488. The molecule has 2 N–H and O–H groups in total. The maximum absolute atomic E-state index is 12.2. The Morgan fingerprint density at radius 1 is 1.60 bits per heavy atom. The van der Waals surface area contributed by atoms with Crippen molar-refractivity contribution in [2.75, 3.05) is 6.54 Å². The zero-order valence-corrected chi connectivity index (χ0v) is 8.95. The second-order valence-electron chi connectivity index (χ2n) is 2.99. The topological polar surface area (TPSA) is 38.9 Å². The lowest BCUT2D eigenvalue weighted by atomic mass is 10.2. The molecule has 1 heterocycles. The first-order chi connectivity index (χ1) is 6.95. The van der Waals surface area contributed by atoms with Crippen LogP contribution in [0.1, 0.15) is 23.2 Å². The smallest absolute Gasteiger partial charge is 0.330 e. The summed E-state index contributed by atoms with van der Waals surface area (Å²) in [5.41, 5.74) is 6.08. The fourth-order valence-electron chi connectivity index (χ4n) is 0.988. The van der Waals surface area contributed by atoms with Crippen LogP contribution in [-0.2, 0) is 6.18 Å². The third-order valence-electron chi connectivity index (χ3n) is 1.75. The average Bonchev–Trinajstić information content (AvgIpc) is 2.62. The van der Waals surface area contributed by atoms with Crippen LogP contribution in [0.4, 0.5) is 13.2 Å². The Labute approximate surface area is 89.6 Å². The maximum atomic E-state index is 12.2. The van der Waals surface area contributed by atoms with Gasteiger partial charge in [-0.15, -0.1) is 11.3 Å². The lowest BCUT2D eigenvalue weighted by Gasteiger charge is -1.99. The van der Waals surface area contributed by atoms with Gasteiger partial charge in [-0.1, -0.05) is 6.08 Å². The Morgan fingerprint density at radius 3 is 2.73 bits per heavy atom. The van der Waals surface area contributed by atoms with Crippen LogP contribution in [0.3, 0.4) is 0 Å². The summed E-state index contributed by atoms with van der Waals surface area (Å²) in [6.45, 7) is 2.24. The van der Waals surface area contributed by atoms with Crippen LogP contribution in [0.15, 0.2) is 12.3 Å². The molecule has 0 amide bonds. The second-order valence-corrected chi connectivity index (χ2v) is 4.02. The molecule has 0 atom stereocenters. The van der Waals surface area contributed by atoms with E-state index in [1.165, 1.54) is 6.20 Å². The van der Waals surface area contributed by atoms with E-state index >= 15 is 0 Å². The second kappa shape index (κ2) is 4.76. The lowest BCUT2D eigenvalue weighted by molar-refractivity contribution is -0.137.